The Morgan fingerprint density at radius 2 is 1.85 bits per heavy atom. The van der Waals surface area contributed by atoms with Crippen molar-refractivity contribution in [3.05, 3.63) is 89.2 Å². The molecular formula is C26H26N4O2S. The van der Waals surface area contributed by atoms with E-state index in [1.807, 2.05) is 81.4 Å². The summed E-state index contributed by atoms with van der Waals surface area (Å²) in [5.41, 5.74) is 5.42. The Balaban J connectivity index is 1.56. The first kappa shape index (κ1) is 22.7. The van der Waals surface area contributed by atoms with E-state index in [9.17, 15) is 9.59 Å². The van der Waals surface area contributed by atoms with Crippen molar-refractivity contribution in [3.8, 4) is 0 Å². The number of aliphatic imine (C=N–C) groups is 1. The quantitative estimate of drug-likeness (QED) is 0.553. The minimum atomic E-state index is -0.540. The molecule has 1 aliphatic heterocycles. The minimum absolute atomic E-state index is 0.0718. The maximum Gasteiger partial charge on any atom is 0.243 e. The van der Waals surface area contributed by atoms with Gasteiger partial charge >= 0.3 is 0 Å². The monoisotopic (exact) mass is 458 g/mol. The lowest BCUT2D eigenvalue weighted by atomic mass is 10.1. The first-order valence-electron chi connectivity index (χ1n) is 10.8. The van der Waals surface area contributed by atoms with Crippen LogP contribution in [-0.4, -0.2) is 32.1 Å². The lowest BCUT2D eigenvalue weighted by molar-refractivity contribution is -0.128. The zero-order chi connectivity index (χ0) is 23.4. The number of para-hydroxylation sites is 1. The summed E-state index contributed by atoms with van der Waals surface area (Å²) in [6.07, 6.45) is 1.78. The molecule has 0 saturated carbocycles. The number of amides is 2. The molecule has 1 aromatic heterocycles. The van der Waals surface area contributed by atoms with E-state index in [1.54, 1.807) is 11.1 Å². The molecule has 0 aliphatic carbocycles. The van der Waals surface area contributed by atoms with Crippen LogP contribution in [0.4, 0.5) is 11.4 Å². The zero-order valence-electron chi connectivity index (χ0n) is 18.9. The lowest BCUT2D eigenvalue weighted by Gasteiger charge is -2.16. The Labute approximate surface area is 198 Å². The smallest absolute Gasteiger partial charge is 0.243 e. The van der Waals surface area contributed by atoms with E-state index < -0.39 is 5.25 Å². The second-order valence-corrected chi connectivity index (χ2v) is 9.27. The molecule has 1 unspecified atom stereocenters. The summed E-state index contributed by atoms with van der Waals surface area (Å²) < 4.78 is 0. The first-order valence-corrected chi connectivity index (χ1v) is 11.7. The number of amidine groups is 1. The predicted octanol–water partition coefficient (Wildman–Crippen LogP) is 5.17. The Bertz CT molecular complexity index is 1210. The summed E-state index contributed by atoms with van der Waals surface area (Å²) in [4.78, 5) is 36.9. The highest BCUT2D eigenvalue weighted by Crippen LogP contribution is 2.33. The van der Waals surface area contributed by atoms with Crippen molar-refractivity contribution in [1.29, 1.82) is 0 Å². The summed E-state index contributed by atoms with van der Waals surface area (Å²) in [5.74, 6) is -0.321. The average Bonchev–Trinajstić information content (AvgIpc) is 3.07. The van der Waals surface area contributed by atoms with E-state index in [0.29, 0.717) is 11.7 Å². The van der Waals surface area contributed by atoms with Gasteiger partial charge in [-0.05, 0) is 61.7 Å². The van der Waals surface area contributed by atoms with Crippen LogP contribution in [-0.2, 0) is 16.1 Å². The summed E-state index contributed by atoms with van der Waals surface area (Å²) in [7, 11) is 0. The van der Waals surface area contributed by atoms with Gasteiger partial charge in [0.1, 0.15) is 5.25 Å². The van der Waals surface area contributed by atoms with Crippen LogP contribution in [0.3, 0.4) is 0 Å². The third-order valence-corrected chi connectivity index (χ3v) is 6.61. The van der Waals surface area contributed by atoms with Gasteiger partial charge in [0.25, 0.3) is 0 Å². The van der Waals surface area contributed by atoms with Gasteiger partial charge in [0.2, 0.25) is 11.8 Å². The molecule has 33 heavy (non-hydrogen) atoms. The highest BCUT2D eigenvalue weighted by atomic mass is 32.2. The van der Waals surface area contributed by atoms with E-state index in [2.05, 4.69) is 10.3 Å². The molecule has 0 bridgehead atoms. The number of thioether (sulfide) groups is 1. The van der Waals surface area contributed by atoms with Crippen LogP contribution in [0.25, 0.3) is 0 Å². The Morgan fingerprint density at radius 3 is 2.61 bits per heavy atom. The molecule has 1 fully saturated rings. The maximum atomic E-state index is 13.3. The number of aryl methyl sites for hydroxylation is 3. The van der Waals surface area contributed by atoms with E-state index in [4.69, 9.17) is 4.99 Å². The fourth-order valence-corrected chi connectivity index (χ4v) is 4.71. The first-order chi connectivity index (χ1) is 15.9. The molecule has 6 nitrogen and oxygen atoms in total. The fourth-order valence-electron chi connectivity index (χ4n) is 3.56. The van der Waals surface area contributed by atoms with Crippen molar-refractivity contribution >= 4 is 40.1 Å². The molecule has 2 amide bonds. The number of anilines is 1. The number of benzene rings is 2. The van der Waals surface area contributed by atoms with Crippen molar-refractivity contribution in [2.45, 2.75) is 39.0 Å². The van der Waals surface area contributed by atoms with Crippen molar-refractivity contribution in [2.24, 2.45) is 4.99 Å². The van der Waals surface area contributed by atoms with Crippen LogP contribution in [0.15, 0.2) is 71.9 Å². The molecular weight excluding hydrogens is 432 g/mol. The lowest BCUT2D eigenvalue weighted by Crippen LogP contribution is -2.33. The average molecular weight is 459 g/mol. The van der Waals surface area contributed by atoms with Crippen molar-refractivity contribution in [3.63, 3.8) is 0 Å². The van der Waals surface area contributed by atoms with Gasteiger partial charge in [0.05, 0.1) is 17.9 Å². The molecule has 7 heteroatoms. The van der Waals surface area contributed by atoms with Crippen molar-refractivity contribution in [1.82, 2.24) is 9.88 Å². The van der Waals surface area contributed by atoms with Crippen molar-refractivity contribution < 1.29 is 9.59 Å². The SMILES string of the molecule is Cc1ccc(C)c(NC(=O)CC2SC(=Nc3ccccc3C)N(Cc3ccccn3)C2=O)c1. The second-order valence-electron chi connectivity index (χ2n) is 8.10. The standard InChI is InChI=1S/C26H26N4O2S/c1-17-11-12-19(3)22(14-17)28-24(31)15-23-25(32)30(16-20-9-6-7-13-27-20)26(33-23)29-21-10-5-4-8-18(21)2/h4-14,23H,15-16H2,1-3H3,(H,28,31). The van der Waals surface area contributed by atoms with E-state index in [1.165, 1.54) is 11.8 Å². The van der Waals surface area contributed by atoms with Crippen LogP contribution in [0.2, 0.25) is 0 Å². The molecule has 0 radical (unpaired) electrons. The number of carbonyl (C=O) groups is 2. The Kier molecular flexibility index (Phi) is 6.89. The van der Waals surface area contributed by atoms with E-state index in [-0.39, 0.29) is 18.2 Å². The number of nitrogens with zero attached hydrogens (tertiary/aromatic N) is 3. The van der Waals surface area contributed by atoms with Crippen molar-refractivity contribution in [2.75, 3.05) is 5.32 Å². The molecule has 1 atom stereocenters. The normalized spacial score (nSPS) is 16.9. The largest absolute Gasteiger partial charge is 0.326 e. The zero-order valence-corrected chi connectivity index (χ0v) is 19.7. The molecule has 2 aromatic carbocycles. The van der Waals surface area contributed by atoms with Gasteiger partial charge in [-0.2, -0.15) is 0 Å². The summed E-state index contributed by atoms with van der Waals surface area (Å²) >= 11 is 1.33. The summed E-state index contributed by atoms with van der Waals surface area (Å²) in [5, 5.41) is 3.01. The number of nitrogens with one attached hydrogen (secondary N) is 1. The molecule has 0 spiro atoms. The van der Waals surface area contributed by atoms with Gasteiger partial charge in [-0.25, -0.2) is 4.99 Å². The Morgan fingerprint density at radius 1 is 1.06 bits per heavy atom. The number of hydrogen-bond acceptors (Lipinski definition) is 5. The van der Waals surface area contributed by atoms with Gasteiger partial charge in [0.15, 0.2) is 5.17 Å². The topological polar surface area (TPSA) is 74.7 Å². The summed E-state index contributed by atoms with van der Waals surface area (Å²) in [6.45, 7) is 6.23. The molecule has 168 valence electrons. The number of carbonyl (C=O) groups excluding carboxylic acids is 2. The molecule has 1 aliphatic rings. The third kappa shape index (κ3) is 5.49. The molecule has 1 N–H and O–H groups in total. The molecule has 4 rings (SSSR count). The van der Waals surface area contributed by atoms with Gasteiger partial charge in [-0.1, -0.05) is 48.2 Å². The number of aromatic nitrogens is 1. The van der Waals surface area contributed by atoms with Crippen LogP contribution in [0.5, 0.6) is 0 Å². The van der Waals surface area contributed by atoms with Gasteiger partial charge < -0.3 is 5.32 Å². The van der Waals surface area contributed by atoms with Gasteiger partial charge in [0, 0.05) is 18.3 Å². The molecule has 3 aromatic rings. The predicted molar refractivity (Wildman–Crippen MR) is 134 cm³/mol. The van der Waals surface area contributed by atoms with Gasteiger partial charge in [-0.15, -0.1) is 0 Å². The van der Waals surface area contributed by atoms with Crippen LogP contribution >= 0.6 is 11.8 Å². The molecule has 2 heterocycles. The Hall–Kier alpha value is -3.45. The summed E-state index contributed by atoms with van der Waals surface area (Å²) in [6, 6.07) is 19.3. The van der Waals surface area contributed by atoms with Gasteiger partial charge in [-0.3, -0.25) is 19.5 Å². The van der Waals surface area contributed by atoms with Crippen LogP contribution in [0, 0.1) is 20.8 Å². The van der Waals surface area contributed by atoms with Crippen LogP contribution in [0.1, 0.15) is 28.8 Å². The maximum absolute atomic E-state index is 13.3. The minimum Gasteiger partial charge on any atom is -0.326 e. The molecule has 1 saturated heterocycles. The fraction of sp³-hybridized carbons (Fsp3) is 0.231. The number of pyridine rings is 1. The number of rotatable bonds is 6. The second kappa shape index (κ2) is 10.0. The van der Waals surface area contributed by atoms with E-state index in [0.717, 1.165) is 33.8 Å². The van der Waals surface area contributed by atoms with E-state index >= 15 is 0 Å². The highest BCUT2D eigenvalue weighted by Gasteiger charge is 2.39. The third-order valence-electron chi connectivity index (χ3n) is 5.44. The van der Waals surface area contributed by atoms with Crippen LogP contribution < -0.4 is 5.32 Å². The number of hydrogen-bond donors (Lipinski definition) is 1. The highest BCUT2D eigenvalue weighted by molar-refractivity contribution is 8.15.